The van der Waals surface area contributed by atoms with Gasteiger partial charge in [-0.05, 0) is 18.6 Å². The van der Waals surface area contributed by atoms with E-state index >= 15 is 0 Å². The third-order valence-electron chi connectivity index (χ3n) is 3.72. The Labute approximate surface area is 144 Å². The van der Waals surface area contributed by atoms with Crippen LogP contribution in [0.5, 0.6) is 0 Å². The van der Waals surface area contributed by atoms with Crippen molar-refractivity contribution in [2.24, 2.45) is 0 Å². The maximum atomic E-state index is 12.2. The molecule has 0 saturated carbocycles. The van der Waals surface area contributed by atoms with Crippen molar-refractivity contribution in [1.29, 1.82) is 0 Å². The van der Waals surface area contributed by atoms with E-state index in [-0.39, 0.29) is 6.03 Å². The highest BCUT2D eigenvalue weighted by atomic mass is 35.5. The molecule has 23 heavy (non-hydrogen) atoms. The molecule has 0 aliphatic carbocycles. The summed E-state index contributed by atoms with van der Waals surface area (Å²) in [5.74, 6) is 0.863. The number of aromatic nitrogens is 2. The second-order valence-electron chi connectivity index (χ2n) is 5.23. The average Bonchev–Trinajstić information content (AvgIpc) is 3.01. The lowest BCUT2D eigenvalue weighted by molar-refractivity contribution is 0.194. The first-order valence-corrected chi connectivity index (χ1v) is 8.70. The fourth-order valence-electron chi connectivity index (χ4n) is 2.48. The number of thiophene rings is 1. The van der Waals surface area contributed by atoms with Crippen LogP contribution < -0.4 is 10.2 Å². The maximum absolute atomic E-state index is 12.2. The fraction of sp³-hybridized carbons (Fsp3) is 0.400. The Kier molecular flexibility index (Phi) is 5.30. The number of carbonyl (C=O) groups is 1. The van der Waals surface area contributed by atoms with Crippen LogP contribution in [0.1, 0.15) is 4.88 Å². The normalized spacial score (nSPS) is 14.8. The summed E-state index contributed by atoms with van der Waals surface area (Å²) in [6.45, 7) is 3.54. The molecular formula is C15H18ClN5OS. The van der Waals surface area contributed by atoms with E-state index < -0.39 is 0 Å². The van der Waals surface area contributed by atoms with E-state index in [4.69, 9.17) is 11.6 Å². The monoisotopic (exact) mass is 351 g/mol. The highest BCUT2D eigenvalue weighted by Gasteiger charge is 2.21. The SMILES string of the molecule is O=C(NCCc1ccc(Cl)s1)N1CCN(c2cnccn2)CC1. The molecule has 6 nitrogen and oxygen atoms in total. The average molecular weight is 352 g/mol. The van der Waals surface area contributed by atoms with Crippen LogP contribution in [0.3, 0.4) is 0 Å². The molecule has 1 saturated heterocycles. The number of hydrogen-bond donors (Lipinski definition) is 1. The Hall–Kier alpha value is -1.86. The largest absolute Gasteiger partial charge is 0.352 e. The van der Waals surface area contributed by atoms with Crippen LogP contribution in [0.25, 0.3) is 0 Å². The highest BCUT2D eigenvalue weighted by Crippen LogP contribution is 2.21. The lowest BCUT2D eigenvalue weighted by Crippen LogP contribution is -2.52. The van der Waals surface area contributed by atoms with E-state index in [9.17, 15) is 4.79 Å². The van der Waals surface area contributed by atoms with Crippen LogP contribution >= 0.6 is 22.9 Å². The number of anilines is 1. The number of carbonyl (C=O) groups excluding carboxylic acids is 1. The summed E-state index contributed by atoms with van der Waals surface area (Å²) in [5.41, 5.74) is 0. The van der Waals surface area contributed by atoms with E-state index in [1.807, 2.05) is 17.0 Å². The molecular weight excluding hydrogens is 334 g/mol. The Bertz CT molecular complexity index is 642. The van der Waals surface area contributed by atoms with E-state index in [1.165, 1.54) is 4.88 Å². The molecule has 0 unspecified atom stereocenters. The van der Waals surface area contributed by atoms with Crippen molar-refractivity contribution in [3.8, 4) is 0 Å². The molecule has 0 aromatic carbocycles. The summed E-state index contributed by atoms with van der Waals surface area (Å²) in [5, 5.41) is 2.97. The fourth-order valence-corrected chi connectivity index (χ4v) is 3.57. The van der Waals surface area contributed by atoms with Gasteiger partial charge in [0.25, 0.3) is 0 Å². The molecule has 1 aliphatic rings. The Balaban J connectivity index is 1.41. The second kappa shape index (κ2) is 7.61. The summed E-state index contributed by atoms with van der Waals surface area (Å²) in [6.07, 6.45) is 5.91. The third kappa shape index (κ3) is 4.33. The second-order valence-corrected chi connectivity index (χ2v) is 7.03. The number of hydrogen-bond acceptors (Lipinski definition) is 5. The van der Waals surface area contributed by atoms with Crippen LogP contribution in [0, 0.1) is 0 Å². The zero-order chi connectivity index (χ0) is 16.1. The van der Waals surface area contributed by atoms with Gasteiger partial charge in [-0.2, -0.15) is 0 Å². The first-order chi connectivity index (χ1) is 11.2. The van der Waals surface area contributed by atoms with Gasteiger partial charge in [0, 0.05) is 50.0 Å². The smallest absolute Gasteiger partial charge is 0.317 e. The van der Waals surface area contributed by atoms with Crippen molar-refractivity contribution in [3.63, 3.8) is 0 Å². The van der Waals surface area contributed by atoms with Crippen LogP contribution in [-0.2, 0) is 6.42 Å². The van der Waals surface area contributed by atoms with Gasteiger partial charge in [0.1, 0.15) is 5.82 Å². The number of rotatable bonds is 4. The molecule has 2 aromatic rings. The molecule has 0 atom stereocenters. The van der Waals surface area contributed by atoms with Gasteiger partial charge in [0.05, 0.1) is 10.5 Å². The van der Waals surface area contributed by atoms with Crippen LogP contribution in [0.2, 0.25) is 4.34 Å². The summed E-state index contributed by atoms with van der Waals surface area (Å²) in [6, 6.07) is 3.87. The Morgan fingerprint density at radius 3 is 2.74 bits per heavy atom. The Morgan fingerprint density at radius 2 is 2.09 bits per heavy atom. The third-order valence-corrected chi connectivity index (χ3v) is 5.01. The molecule has 2 aromatic heterocycles. The van der Waals surface area contributed by atoms with E-state index in [0.29, 0.717) is 19.6 Å². The number of halogens is 1. The van der Waals surface area contributed by atoms with Crippen molar-refractivity contribution < 1.29 is 4.79 Å². The molecule has 1 fully saturated rings. The maximum Gasteiger partial charge on any atom is 0.317 e. The molecule has 3 rings (SSSR count). The van der Waals surface area contributed by atoms with Gasteiger partial charge in [0.2, 0.25) is 0 Å². The molecule has 1 aliphatic heterocycles. The van der Waals surface area contributed by atoms with Gasteiger partial charge in [0.15, 0.2) is 0 Å². The quantitative estimate of drug-likeness (QED) is 0.917. The molecule has 1 N–H and O–H groups in total. The number of nitrogens with one attached hydrogen (secondary N) is 1. The Morgan fingerprint density at radius 1 is 1.26 bits per heavy atom. The number of nitrogens with zero attached hydrogens (tertiary/aromatic N) is 4. The van der Waals surface area contributed by atoms with Crippen molar-refractivity contribution in [2.75, 3.05) is 37.6 Å². The van der Waals surface area contributed by atoms with Crippen molar-refractivity contribution in [3.05, 3.63) is 39.9 Å². The first-order valence-electron chi connectivity index (χ1n) is 7.50. The lowest BCUT2D eigenvalue weighted by Gasteiger charge is -2.35. The van der Waals surface area contributed by atoms with Crippen LogP contribution in [0.15, 0.2) is 30.7 Å². The van der Waals surface area contributed by atoms with Crippen molar-refractivity contribution in [2.45, 2.75) is 6.42 Å². The van der Waals surface area contributed by atoms with E-state index in [2.05, 4.69) is 20.2 Å². The number of urea groups is 1. The van der Waals surface area contributed by atoms with E-state index in [1.54, 1.807) is 29.9 Å². The molecule has 3 heterocycles. The van der Waals surface area contributed by atoms with Gasteiger partial charge < -0.3 is 15.1 Å². The van der Waals surface area contributed by atoms with Crippen molar-refractivity contribution in [1.82, 2.24) is 20.2 Å². The minimum atomic E-state index is -0.00792. The number of amides is 2. The summed E-state index contributed by atoms with van der Waals surface area (Å²) in [4.78, 5) is 25.7. The number of piperazine rings is 1. The zero-order valence-electron chi connectivity index (χ0n) is 12.6. The minimum absolute atomic E-state index is 0.00792. The minimum Gasteiger partial charge on any atom is -0.352 e. The first kappa shape index (κ1) is 16.0. The zero-order valence-corrected chi connectivity index (χ0v) is 14.2. The molecule has 2 amide bonds. The van der Waals surface area contributed by atoms with Gasteiger partial charge in [-0.25, -0.2) is 9.78 Å². The van der Waals surface area contributed by atoms with Gasteiger partial charge in [-0.1, -0.05) is 11.6 Å². The molecule has 0 radical (unpaired) electrons. The summed E-state index contributed by atoms with van der Waals surface area (Å²) < 4.78 is 0.784. The van der Waals surface area contributed by atoms with Gasteiger partial charge in [-0.15, -0.1) is 11.3 Å². The lowest BCUT2D eigenvalue weighted by atomic mass is 10.3. The summed E-state index contributed by atoms with van der Waals surface area (Å²) >= 11 is 7.45. The predicted molar refractivity (Wildman–Crippen MR) is 92.2 cm³/mol. The molecule has 8 heteroatoms. The van der Waals surface area contributed by atoms with Gasteiger partial charge in [-0.3, -0.25) is 4.98 Å². The van der Waals surface area contributed by atoms with Crippen LogP contribution in [-0.4, -0.2) is 53.6 Å². The van der Waals surface area contributed by atoms with Gasteiger partial charge >= 0.3 is 6.03 Å². The molecule has 0 spiro atoms. The van der Waals surface area contributed by atoms with Crippen LogP contribution in [0.4, 0.5) is 10.6 Å². The molecule has 0 bridgehead atoms. The predicted octanol–water partition coefficient (Wildman–Crippen LogP) is 2.27. The van der Waals surface area contributed by atoms with E-state index in [0.717, 1.165) is 29.7 Å². The van der Waals surface area contributed by atoms with Crippen molar-refractivity contribution >= 4 is 34.8 Å². The highest BCUT2D eigenvalue weighted by molar-refractivity contribution is 7.16. The molecule has 122 valence electrons. The summed E-state index contributed by atoms with van der Waals surface area (Å²) in [7, 11) is 0. The standard InChI is InChI=1S/C15H18ClN5OS/c16-13-2-1-12(23-13)3-4-19-15(22)21-9-7-20(8-10-21)14-11-17-5-6-18-14/h1-2,5-6,11H,3-4,7-10H2,(H,19,22). The topological polar surface area (TPSA) is 61.4 Å².